The molecule has 1 amide bonds. The molecule has 2 aromatic carbocycles. The van der Waals surface area contributed by atoms with Crippen molar-refractivity contribution >= 4 is 27.3 Å². The van der Waals surface area contributed by atoms with Gasteiger partial charge in [0.15, 0.2) is 0 Å². The van der Waals surface area contributed by atoms with Crippen LogP contribution in [-0.4, -0.2) is 48.1 Å². The molecule has 0 saturated carbocycles. The van der Waals surface area contributed by atoms with Gasteiger partial charge in [-0.1, -0.05) is 37.5 Å². The molecule has 0 fully saturated rings. The quantitative estimate of drug-likeness (QED) is 0.193. The number of sulfonamides is 1. The van der Waals surface area contributed by atoms with E-state index in [0.29, 0.717) is 31.6 Å². The third kappa shape index (κ3) is 14.7. The summed E-state index contributed by atoms with van der Waals surface area (Å²) in [5, 5.41) is 13.9. The normalized spacial score (nSPS) is 11.2. The number of rotatable bonds is 16. The van der Waals surface area contributed by atoms with E-state index >= 15 is 0 Å². The highest BCUT2D eigenvalue weighted by molar-refractivity contribution is 7.89. The predicted octanol–water partition coefficient (Wildman–Crippen LogP) is 4.41. The minimum absolute atomic E-state index is 0.0545. The SMILES string of the molecule is CNC.NCCCCCCNC(=O)CCCCCNS(=O)(=O)c1ccc(N=Nc2ccccc2)cc1. The number of carbonyl (C=O) groups excluding carboxylic acids is 1. The van der Waals surface area contributed by atoms with Crippen LogP contribution in [0.15, 0.2) is 69.7 Å². The molecule has 0 unspecified atom stereocenters. The van der Waals surface area contributed by atoms with E-state index in [9.17, 15) is 13.2 Å². The summed E-state index contributed by atoms with van der Waals surface area (Å²) in [5.41, 5.74) is 6.76. The van der Waals surface area contributed by atoms with Crippen LogP contribution in [0.5, 0.6) is 0 Å². The van der Waals surface area contributed by atoms with Crippen LogP contribution in [0.1, 0.15) is 51.4 Å². The molecule has 0 aliphatic rings. The lowest BCUT2D eigenvalue weighted by Crippen LogP contribution is -2.25. The molecule has 0 aliphatic carbocycles. The molecule has 0 atom stereocenters. The zero-order valence-corrected chi connectivity index (χ0v) is 22.4. The molecule has 0 radical (unpaired) electrons. The van der Waals surface area contributed by atoms with Crippen LogP contribution in [0.4, 0.5) is 11.4 Å². The Kier molecular flexibility index (Phi) is 17.0. The van der Waals surface area contributed by atoms with Gasteiger partial charge in [0, 0.05) is 19.5 Å². The Morgan fingerprint density at radius 1 is 0.778 bits per heavy atom. The van der Waals surface area contributed by atoms with E-state index in [0.717, 1.165) is 50.8 Å². The predicted molar refractivity (Wildman–Crippen MR) is 146 cm³/mol. The molecule has 0 aromatic heterocycles. The van der Waals surface area contributed by atoms with Crippen molar-refractivity contribution in [2.45, 2.75) is 56.3 Å². The van der Waals surface area contributed by atoms with E-state index < -0.39 is 10.0 Å². The fourth-order valence-corrected chi connectivity index (χ4v) is 4.19. The molecule has 0 bridgehead atoms. The van der Waals surface area contributed by atoms with Crippen molar-refractivity contribution in [3.8, 4) is 0 Å². The van der Waals surface area contributed by atoms with Crippen LogP contribution in [-0.2, 0) is 14.8 Å². The third-order valence-electron chi connectivity index (χ3n) is 5.01. The van der Waals surface area contributed by atoms with Crippen LogP contribution in [0.2, 0.25) is 0 Å². The van der Waals surface area contributed by atoms with Crippen molar-refractivity contribution < 1.29 is 13.2 Å². The molecule has 10 heteroatoms. The lowest BCUT2D eigenvalue weighted by Gasteiger charge is -2.07. The van der Waals surface area contributed by atoms with E-state index in [1.165, 1.54) is 12.1 Å². The summed E-state index contributed by atoms with van der Waals surface area (Å²) in [5.74, 6) is 0.0545. The third-order valence-corrected chi connectivity index (χ3v) is 6.49. The number of nitrogens with zero attached hydrogens (tertiary/aromatic N) is 2. The number of azo groups is 1. The molecule has 0 aliphatic heterocycles. The van der Waals surface area contributed by atoms with Gasteiger partial charge in [-0.2, -0.15) is 10.2 Å². The van der Waals surface area contributed by atoms with Gasteiger partial charge in [-0.05, 0) is 82.7 Å². The number of unbranched alkanes of at least 4 members (excludes halogenated alkanes) is 5. The number of hydrogen-bond acceptors (Lipinski definition) is 7. The number of amides is 1. The zero-order valence-electron chi connectivity index (χ0n) is 21.6. The summed E-state index contributed by atoms with van der Waals surface area (Å²) in [7, 11) is 0.171. The minimum Gasteiger partial charge on any atom is -0.356 e. The number of carbonyl (C=O) groups is 1. The first-order chi connectivity index (χ1) is 17.4. The number of nitrogens with two attached hydrogens (primary N) is 1. The number of nitrogens with one attached hydrogen (secondary N) is 3. The maximum atomic E-state index is 12.4. The van der Waals surface area contributed by atoms with Gasteiger partial charge in [0.2, 0.25) is 15.9 Å². The lowest BCUT2D eigenvalue weighted by atomic mass is 10.1. The van der Waals surface area contributed by atoms with Crippen molar-refractivity contribution in [3.05, 3.63) is 54.6 Å². The minimum atomic E-state index is -3.58. The first-order valence-corrected chi connectivity index (χ1v) is 14.0. The monoisotopic (exact) mass is 518 g/mol. The average molecular weight is 519 g/mol. The molecule has 9 nitrogen and oxygen atoms in total. The van der Waals surface area contributed by atoms with E-state index in [2.05, 4.69) is 25.6 Å². The van der Waals surface area contributed by atoms with Crippen molar-refractivity contribution in [3.63, 3.8) is 0 Å². The van der Waals surface area contributed by atoms with Gasteiger partial charge in [-0.15, -0.1) is 0 Å². The molecule has 2 rings (SSSR count). The second kappa shape index (κ2) is 19.5. The van der Waals surface area contributed by atoms with E-state index in [1.807, 2.05) is 44.4 Å². The van der Waals surface area contributed by atoms with Gasteiger partial charge in [0.1, 0.15) is 0 Å². The fraction of sp³-hybridized carbons (Fsp3) is 0.500. The van der Waals surface area contributed by atoms with Gasteiger partial charge >= 0.3 is 0 Å². The largest absolute Gasteiger partial charge is 0.356 e. The maximum absolute atomic E-state index is 12.4. The summed E-state index contributed by atoms with van der Waals surface area (Å²) in [4.78, 5) is 12.0. The molecule has 5 N–H and O–H groups in total. The summed E-state index contributed by atoms with van der Waals surface area (Å²) < 4.78 is 27.5. The van der Waals surface area contributed by atoms with E-state index in [-0.39, 0.29) is 10.8 Å². The number of benzene rings is 2. The van der Waals surface area contributed by atoms with Crippen molar-refractivity contribution in [2.24, 2.45) is 16.0 Å². The molecular formula is C26H42N6O3S. The molecule has 200 valence electrons. The highest BCUT2D eigenvalue weighted by Crippen LogP contribution is 2.20. The molecule has 0 saturated heterocycles. The van der Waals surface area contributed by atoms with Gasteiger partial charge in [0.05, 0.1) is 16.3 Å². The molecule has 36 heavy (non-hydrogen) atoms. The second-order valence-electron chi connectivity index (χ2n) is 8.29. The van der Waals surface area contributed by atoms with E-state index in [1.54, 1.807) is 12.1 Å². The Morgan fingerprint density at radius 2 is 1.33 bits per heavy atom. The highest BCUT2D eigenvalue weighted by atomic mass is 32.2. The van der Waals surface area contributed by atoms with Crippen LogP contribution in [0.3, 0.4) is 0 Å². The summed E-state index contributed by atoms with van der Waals surface area (Å²) >= 11 is 0. The first-order valence-electron chi connectivity index (χ1n) is 12.5. The first kappa shape index (κ1) is 31.4. The Morgan fingerprint density at radius 3 is 1.97 bits per heavy atom. The summed E-state index contributed by atoms with van der Waals surface area (Å²) in [6, 6.07) is 15.6. The molecule has 0 spiro atoms. The van der Waals surface area contributed by atoms with Crippen molar-refractivity contribution in [2.75, 3.05) is 33.7 Å². The van der Waals surface area contributed by atoms with Crippen LogP contribution in [0, 0.1) is 0 Å². The molecule has 0 heterocycles. The van der Waals surface area contributed by atoms with Crippen LogP contribution >= 0.6 is 0 Å². The Bertz CT molecular complexity index is 967. The van der Waals surface area contributed by atoms with Crippen molar-refractivity contribution in [1.82, 2.24) is 15.4 Å². The lowest BCUT2D eigenvalue weighted by molar-refractivity contribution is -0.121. The highest BCUT2D eigenvalue weighted by Gasteiger charge is 2.13. The molecule has 2 aromatic rings. The summed E-state index contributed by atoms with van der Waals surface area (Å²) in [6.07, 6.45) is 6.86. The van der Waals surface area contributed by atoms with Gasteiger partial charge in [-0.25, -0.2) is 13.1 Å². The molecular weight excluding hydrogens is 476 g/mol. The Labute approximate surface area is 216 Å². The Balaban J connectivity index is 0.00000205. The standard InChI is InChI=1S/C24H35N5O3S.C2H7N/c25-18-8-1-2-9-19-26-24(30)13-7-4-10-20-27-33(31,32)23-16-14-22(15-17-23)29-28-21-11-5-3-6-12-21;1-3-2/h3,5-6,11-12,14-17,27H,1-2,4,7-10,13,18-20,25H2,(H,26,30);3H,1-2H3. The zero-order chi connectivity index (χ0) is 26.5. The average Bonchev–Trinajstić information content (AvgIpc) is 2.88. The fourth-order valence-electron chi connectivity index (χ4n) is 3.12. The summed E-state index contributed by atoms with van der Waals surface area (Å²) in [6.45, 7) is 1.76. The van der Waals surface area contributed by atoms with Crippen LogP contribution < -0.4 is 21.1 Å². The van der Waals surface area contributed by atoms with E-state index in [4.69, 9.17) is 5.73 Å². The Hall–Kier alpha value is -2.66. The van der Waals surface area contributed by atoms with Gasteiger partial charge in [0.25, 0.3) is 0 Å². The van der Waals surface area contributed by atoms with Gasteiger partial charge in [-0.3, -0.25) is 4.79 Å². The number of hydrogen-bond donors (Lipinski definition) is 4. The maximum Gasteiger partial charge on any atom is 0.240 e. The second-order valence-corrected chi connectivity index (χ2v) is 10.1. The van der Waals surface area contributed by atoms with Gasteiger partial charge < -0.3 is 16.4 Å². The van der Waals surface area contributed by atoms with Crippen LogP contribution in [0.25, 0.3) is 0 Å². The smallest absolute Gasteiger partial charge is 0.240 e. The van der Waals surface area contributed by atoms with Crippen molar-refractivity contribution in [1.29, 1.82) is 0 Å². The topological polar surface area (TPSA) is 138 Å².